The van der Waals surface area contributed by atoms with Crippen LogP contribution in [0.25, 0.3) is 88.9 Å². The van der Waals surface area contributed by atoms with Crippen molar-refractivity contribution in [3.05, 3.63) is 169 Å². The molecule has 4 heteroatoms. The molecule has 0 fully saturated rings. The lowest BCUT2D eigenvalue weighted by molar-refractivity contribution is 0.662. The van der Waals surface area contributed by atoms with Crippen LogP contribution < -0.4 is 0 Å². The predicted octanol–water partition coefficient (Wildman–Crippen LogP) is 11.7. The lowest BCUT2D eigenvalue weighted by Gasteiger charge is -2.25. The van der Waals surface area contributed by atoms with Gasteiger partial charge in [-0.1, -0.05) is 111 Å². The van der Waals surface area contributed by atoms with Crippen LogP contribution in [0.2, 0.25) is 0 Å². The molecule has 4 nitrogen and oxygen atoms in total. The van der Waals surface area contributed by atoms with E-state index in [2.05, 4.69) is 146 Å². The lowest BCUT2D eigenvalue weighted by atomic mass is 9.78. The summed E-state index contributed by atoms with van der Waals surface area (Å²) < 4.78 is 0. The summed E-state index contributed by atoms with van der Waals surface area (Å²) >= 11 is 0. The van der Waals surface area contributed by atoms with E-state index < -0.39 is 0 Å². The summed E-state index contributed by atoms with van der Waals surface area (Å²) in [4.78, 5) is 19.6. The van der Waals surface area contributed by atoms with Crippen LogP contribution in [0.3, 0.4) is 0 Å². The van der Waals surface area contributed by atoms with Crippen molar-refractivity contribution in [1.82, 2.24) is 19.9 Å². The average molecular weight is 653 g/mol. The second kappa shape index (κ2) is 11.3. The van der Waals surface area contributed by atoms with Gasteiger partial charge in [0, 0.05) is 38.9 Å². The molecule has 1 aliphatic carbocycles. The Morgan fingerprint density at radius 2 is 1.08 bits per heavy atom. The number of fused-ring (bicyclic) bond motifs is 6. The van der Waals surface area contributed by atoms with E-state index in [0.29, 0.717) is 0 Å². The van der Waals surface area contributed by atoms with E-state index in [9.17, 15) is 0 Å². The van der Waals surface area contributed by atoms with Crippen LogP contribution >= 0.6 is 0 Å². The normalized spacial score (nSPS) is 13.1. The van der Waals surface area contributed by atoms with E-state index >= 15 is 0 Å². The van der Waals surface area contributed by atoms with Gasteiger partial charge in [0.25, 0.3) is 0 Å². The first-order valence-electron chi connectivity index (χ1n) is 17.4. The van der Waals surface area contributed by atoms with E-state index in [-0.39, 0.29) is 5.41 Å². The van der Waals surface area contributed by atoms with Crippen molar-refractivity contribution in [2.45, 2.75) is 19.3 Å². The highest BCUT2D eigenvalue weighted by Gasteiger charge is 2.39. The number of hydrogen-bond donors (Lipinski definition) is 0. The molecule has 5 aromatic carbocycles. The van der Waals surface area contributed by atoms with Gasteiger partial charge in [-0.15, -0.1) is 0 Å². The molecule has 9 aromatic rings. The topological polar surface area (TPSA) is 51.6 Å². The third kappa shape index (κ3) is 4.75. The van der Waals surface area contributed by atoms with Gasteiger partial charge in [-0.25, -0.2) is 15.0 Å². The largest absolute Gasteiger partial charge is 0.255 e. The Morgan fingerprint density at radius 1 is 0.451 bits per heavy atom. The minimum absolute atomic E-state index is 0.164. The third-order valence-electron chi connectivity index (χ3n) is 10.5. The molecular weight excluding hydrogens is 621 g/mol. The summed E-state index contributed by atoms with van der Waals surface area (Å²) in [5.74, 6) is 0. The van der Waals surface area contributed by atoms with Gasteiger partial charge in [-0.3, -0.25) is 4.98 Å². The van der Waals surface area contributed by atoms with Gasteiger partial charge in [-0.2, -0.15) is 0 Å². The van der Waals surface area contributed by atoms with E-state index in [1.165, 1.54) is 33.2 Å². The Morgan fingerprint density at radius 3 is 1.82 bits per heavy atom. The van der Waals surface area contributed by atoms with Crippen molar-refractivity contribution in [1.29, 1.82) is 0 Å². The van der Waals surface area contributed by atoms with Crippen LogP contribution in [0.4, 0.5) is 0 Å². The molecule has 0 bridgehead atoms. The Hall–Kier alpha value is -6.52. The molecule has 0 spiro atoms. The molecule has 0 aliphatic heterocycles. The SMILES string of the molecule is CC1(C)c2ccccc2-c2nc3ccccc3c(-c3ccc(-c4ccc5cc(-c6ccc7nc(-c8ccccn8)ccc7c6)ccc5n4)cc3)c21. The van der Waals surface area contributed by atoms with Gasteiger partial charge in [0.2, 0.25) is 0 Å². The number of aromatic nitrogens is 4. The predicted molar refractivity (Wildman–Crippen MR) is 209 cm³/mol. The summed E-state index contributed by atoms with van der Waals surface area (Å²) in [6.45, 7) is 4.65. The number of para-hydroxylation sites is 1. The quantitative estimate of drug-likeness (QED) is 0.190. The first kappa shape index (κ1) is 29.4. The van der Waals surface area contributed by atoms with Gasteiger partial charge in [-0.05, 0) is 88.0 Å². The van der Waals surface area contributed by atoms with Crippen molar-refractivity contribution in [3.8, 4) is 56.2 Å². The summed E-state index contributed by atoms with van der Waals surface area (Å²) in [6.07, 6.45) is 1.80. The molecule has 0 atom stereocenters. The zero-order valence-electron chi connectivity index (χ0n) is 28.3. The maximum atomic E-state index is 5.21. The summed E-state index contributed by atoms with van der Waals surface area (Å²) in [5.41, 5.74) is 16.3. The van der Waals surface area contributed by atoms with Gasteiger partial charge >= 0.3 is 0 Å². The summed E-state index contributed by atoms with van der Waals surface area (Å²) in [5, 5.41) is 3.39. The minimum atomic E-state index is -0.164. The van der Waals surface area contributed by atoms with Gasteiger partial charge in [0.05, 0.1) is 39.3 Å². The van der Waals surface area contributed by atoms with E-state index in [1.807, 2.05) is 24.3 Å². The standard InChI is InChI=1S/C47H32N4/c1-47(2)37-11-5-3-9-35(37)46-45(47)44(36-10-4-6-12-41(36)51-46)30-16-14-29(15-17-30)38-24-20-33-27-31(18-22-39(33)49-38)32-19-23-40-34(28-32)21-25-43(50-40)42-13-7-8-26-48-42/h3-28H,1-2H3. The highest BCUT2D eigenvalue weighted by Crippen LogP contribution is 2.53. The maximum Gasteiger partial charge on any atom is 0.0893 e. The first-order valence-corrected chi connectivity index (χ1v) is 17.4. The fourth-order valence-electron chi connectivity index (χ4n) is 7.92. The molecule has 0 amide bonds. The lowest BCUT2D eigenvalue weighted by Crippen LogP contribution is -2.16. The van der Waals surface area contributed by atoms with Gasteiger partial charge in [0.15, 0.2) is 0 Å². The van der Waals surface area contributed by atoms with Crippen molar-refractivity contribution < 1.29 is 0 Å². The van der Waals surface area contributed by atoms with Gasteiger partial charge < -0.3 is 0 Å². The molecule has 0 unspecified atom stereocenters. The molecule has 10 rings (SSSR count). The van der Waals surface area contributed by atoms with Crippen LogP contribution in [0.15, 0.2) is 158 Å². The van der Waals surface area contributed by atoms with Crippen molar-refractivity contribution in [2.75, 3.05) is 0 Å². The van der Waals surface area contributed by atoms with Crippen LogP contribution in [-0.2, 0) is 5.41 Å². The molecular formula is C47H32N4. The Kier molecular flexibility index (Phi) is 6.49. The van der Waals surface area contributed by atoms with Crippen LogP contribution in [0.1, 0.15) is 25.0 Å². The molecule has 0 saturated carbocycles. The van der Waals surface area contributed by atoms with Crippen LogP contribution in [-0.4, -0.2) is 19.9 Å². The smallest absolute Gasteiger partial charge is 0.0893 e. The number of pyridine rings is 4. The zero-order valence-corrected chi connectivity index (χ0v) is 28.3. The zero-order chi connectivity index (χ0) is 34.1. The number of hydrogen-bond acceptors (Lipinski definition) is 4. The fourth-order valence-corrected chi connectivity index (χ4v) is 7.92. The number of nitrogens with zero attached hydrogens (tertiary/aromatic N) is 4. The molecule has 1 aliphatic rings. The second-order valence-electron chi connectivity index (χ2n) is 13.9. The van der Waals surface area contributed by atoms with E-state index in [0.717, 1.165) is 66.8 Å². The highest BCUT2D eigenvalue weighted by atomic mass is 14.8. The molecule has 4 heterocycles. The molecule has 0 N–H and O–H groups in total. The van der Waals surface area contributed by atoms with Crippen molar-refractivity contribution in [2.24, 2.45) is 0 Å². The Labute approximate surface area is 296 Å². The molecule has 240 valence electrons. The minimum Gasteiger partial charge on any atom is -0.255 e. The first-order chi connectivity index (χ1) is 25.0. The maximum absolute atomic E-state index is 5.21. The van der Waals surface area contributed by atoms with E-state index in [4.69, 9.17) is 15.0 Å². The highest BCUT2D eigenvalue weighted by molar-refractivity contribution is 6.02. The molecule has 51 heavy (non-hydrogen) atoms. The van der Waals surface area contributed by atoms with Crippen LogP contribution in [0, 0.1) is 0 Å². The van der Waals surface area contributed by atoms with Crippen molar-refractivity contribution in [3.63, 3.8) is 0 Å². The molecule has 0 radical (unpaired) electrons. The Bertz CT molecular complexity index is 2820. The molecule has 0 saturated heterocycles. The monoisotopic (exact) mass is 652 g/mol. The second-order valence-corrected chi connectivity index (χ2v) is 13.9. The summed E-state index contributed by atoms with van der Waals surface area (Å²) in [7, 11) is 0. The summed E-state index contributed by atoms with van der Waals surface area (Å²) in [6, 6.07) is 53.5. The molecule has 4 aromatic heterocycles. The van der Waals surface area contributed by atoms with Crippen LogP contribution in [0.5, 0.6) is 0 Å². The van der Waals surface area contributed by atoms with E-state index in [1.54, 1.807) is 6.20 Å². The Balaban J connectivity index is 0.982. The number of benzene rings is 5. The van der Waals surface area contributed by atoms with Crippen molar-refractivity contribution >= 4 is 32.7 Å². The third-order valence-corrected chi connectivity index (χ3v) is 10.5. The fraction of sp³-hybridized carbons (Fsp3) is 0.0638. The van der Waals surface area contributed by atoms with Gasteiger partial charge in [0.1, 0.15) is 0 Å². The number of rotatable bonds is 4. The average Bonchev–Trinajstić information content (AvgIpc) is 3.42.